The van der Waals surface area contributed by atoms with Gasteiger partial charge in [0.1, 0.15) is 0 Å². The minimum atomic E-state index is 0.283. The van der Waals surface area contributed by atoms with E-state index in [9.17, 15) is 5.11 Å². The molecule has 5 rings (SSSR count). The Hall–Kier alpha value is -4.00. The van der Waals surface area contributed by atoms with Crippen molar-refractivity contribution >= 4 is 10.9 Å². The highest BCUT2D eigenvalue weighted by Crippen LogP contribution is 2.33. The molecule has 2 N–H and O–H groups in total. The number of aromatic hydroxyl groups is 1. The van der Waals surface area contributed by atoms with Crippen molar-refractivity contribution in [1.29, 1.82) is 0 Å². The van der Waals surface area contributed by atoms with E-state index in [0.717, 1.165) is 58.1 Å². The lowest BCUT2D eigenvalue weighted by Gasteiger charge is -2.12. The number of benzene rings is 2. The number of rotatable bonds is 7. The monoisotopic (exact) mass is 424 g/mol. The van der Waals surface area contributed by atoms with Gasteiger partial charge in [-0.3, -0.25) is 4.98 Å². The maximum absolute atomic E-state index is 10.9. The summed E-state index contributed by atoms with van der Waals surface area (Å²) in [6.45, 7) is 2.77. The first-order valence-electron chi connectivity index (χ1n) is 10.8. The summed E-state index contributed by atoms with van der Waals surface area (Å²) in [5.74, 6) is 0.854. The molecule has 0 amide bonds. The molecular formula is C25H24N6O. The minimum Gasteiger partial charge on any atom is -0.494 e. The Labute approximate surface area is 185 Å². The Balaban J connectivity index is 1.48. The van der Waals surface area contributed by atoms with Crippen LogP contribution in [0.2, 0.25) is 0 Å². The molecule has 160 valence electrons. The maximum Gasteiger partial charge on any atom is 0.205 e. The summed E-state index contributed by atoms with van der Waals surface area (Å²) in [6, 6.07) is 20.2. The third-order valence-corrected chi connectivity index (χ3v) is 5.79. The van der Waals surface area contributed by atoms with Gasteiger partial charge in [-0.15, -0.1) is 10.2 Å². The lowest BCUT2D eigenvalue weighted by molar-refractivity contribution is 0.425. The van der Waals surface area contributed by atoms with E-state index in [1.807, 2.05) is 34.9 Å². The summed E-state index contributed by atoms with van der Waals surface area (Å²) in [5.41, 5.74) is 6.14. The molecular weight excluding hydrogens is 400 g/mol. The van der Waals surface area contributed by atoms with E-state index in [1.54, 1.807) is 6.20 Å². The van der Waals surface area contributed by atoms with Crippen LogP contribution in [0.3, 0.4) is 0 Å². The number of hydrogen-bond acceptors (Lipinski definition) is 5. The first-order valence-corrected chi connectivity index (χ1v) is 10.8. The molecule has 0 aliphatic carbocycles. The molecule has 3 heterocycles. The topological polar surface area (TPSA) is 92.5 Å². The van der Waals surface area contributed by atoms with E-state index in [1.165, 1.54) is 0 Å². The van der Waals surface area contributed by atoms with Crippen molar-refractivity contribution in [3.05, 3.63) is 78.1 Å². The van der Waals surface area contributed by atoms with Gasteiger partial charge in [-0.1, -0.05) is 61.9 Å². The first kappa shape index (κ1) is 19.9. The SMILES string of the molecule is CCCCc1c2ncccc2c(O)n1Cc1ccc(-c2ccccc2-c2nn[nH]n2)cc1. The van der Waals surface area contributed by atoms with Crippen molar-refractivity contribution in [3.8, 4) is 28.4 Å². The van der Waals surface area contributed by atoms with Crippen LogP contribution in [-0.2, 0) is 13.0 Å². The third-order valence-electron chi connectivity index (χ3n) is 5.79. The van der Waals surface area contributed by atoms with Gasteiger partial charge in [0.2, 0.25) is 11.7 Å². The fourth-order valence-corrected chi connectivity index (χ4v) is 4.16. The number of tetrazole rings is 1. The van der Waals surface area contributed by atoms with Crippen LogP contribution in [0.15, 0.2) is 66.9 Å². The van der Waals surface area contributed by atoms with Gasteiger partial charge in [0, 0.05) is 17.5 Å². The van der Waals surface area contributed by atoms with Crippen molar-refractivity contribution < 1.29 is 5.11 Å². The van der Waals surface area contributed by atoms with Crippen molar-refractivity contribution in [2.24, 2.45) is 0 Å². The number of hydrogen-bond donors (Lipinski definition) is 2. The Morgan fingerprint density at radius 3 is 2.53 bits per heavy atom. The molecule has 7 nitrogen and oxygen atoms in total. The average Bonchev–Trinajstić information content (AvgIpc) is 3.46. The third kappa shape index (κ3) is 3.62. The minimum absolute atomic E-state index is 0.283. The van der Waals surface area contributed by atoms with Crippen LogP contribution in [0.4, 0.5) is 0 Å². The molecule has 0 spiro atoms. The fourth-order valence-electron chi connectivity index (χ4n) is 4.16. The molecule has 7 heteroatoms. The van der Waals surface area contributed by atoms with E-state index in [2.05, 4.69) is 62.9 Å². The van der Waals surface area contributed by atoms with Crippen LogP contribution < -0.4 is 0 Å². The Morgan fingerprint density at radius 1 is 0.969 bits per heavy atom. The standard InChI is InChI=1S/C25H24N6O/c1-2-3-10-22-23-21(9-6-15-26-23)25(32)31(22)16-17-11-13-18(14-12-17)19-7-4-5-8-20(19)24-27-29-30-28-24/h4-9,11-15,32H,2-3,10,16H2,1H3,(H,27,28,29,30). The summed E-state index contributed by atoms with van der Waals surface area (Å²) >= 11 is 0. The zero-order valence-electron chi connectivity index (χ0n) is 17.9. The summed E-state index contributed by atoms with van der Waals surface area (Å²) in [5, 5.41) is 26.2. The van der Waals surface area contributed by atoms with Crippen LogP contribution in [0, 0.1) is 0 Å². The predicted octanol–water partition coefficient (Wildman–Crippen LogP) is 4.98. The second kappa shape index (κ2) is 8.63. The van der Waals surface area contributed by atoms with Gasteiger partial charge < -0.3 is 9.67 Å². The number of nitrogens with zero attached hydrogens (tertiary/aromatic N) is 5. The average molecular weight is 425 g/mol. The molecule has 32 heavy (non-hydrogen) atoms. The highest BCUT2D eigenvalue weighted by Gasteiger charge is 2.17. The lowest BCUT2D eigenvalue weighted by Crippen LogP contribution is -2.04. The molecule has 0 bridgehead atoms. The van der Waals surface area contributed by atoms with Gasteiger partial charge >= 0.3 is 0 Å². The van der Waals surface area contributed by atoms with Crippen molar-refractivity contribution in [1.82, 2.24) is 30.2 Å². The first-order chi connectivity index (χ1) is 15.8. The van der Waals surface area contributed by atoms with Gasteiger partial charge in [-0.05, 0) is 46.9 Å². The predicted molar refractivity (Wildman–Crippen MR) is 124 cm³/mol. The molecule has 5 aromatic rings. The number of fused-ring (bicyclic) bond motifs is 1. The van der Waals surface area contributed by atoms with Crippen molar-refractivity contribution in [3.63, 3.8) is 0 Å². The smallest absolute Gasteiger partial charge is 0.205 e. The quantitative estimate of drug-likeness (QED) is 0.384. The molecule has 0 unspecified atom stereocenters. The van der Waals surface area contributed by atoms with Gasteiger partial charge in [0.15, 0.2) is 0 Å². The van der Waals surface area contributed by atoms with E-state index in [-0.39, 0.29) is 5.88 Å². The highest BCUT2D eigenvalue weighted by molar-refractivity contribution is 5.87. The van der Waals surface area contributed by atoms with Gasteiger partial charge in [-0.25, -0.2) is 0 Å². The van der Waals surface area contributed by atoms with Gasteiger partial charge in [0.05, 0.1) is 17.4 Å². The molecule has 0 aliphatic rings. The van der Waals surface area contributed by atoms with E-state index < -0.39 is 0 Å². The van der Waals surface area contributed by atoms with Crippen LogP contribution in [0.1, 0.15) is 31.0 Å². The van der Waals surface area contributed by atoms with E-state index in [4.69, 9.17) is 0 Å². The van der Waals surface area contributed by atoms with Crippen molar-refractivity contribution in [2.75, 3.05) is 0 Å². The maximum atomic E-state index is 10.9. The van der Waals surface area contributed by atoms with Crippen LogP contribution >= 0.6 is 0 Å². The number of unbranched alkanes of at least 4 members (excludes halogenated alkanes) is 1. The van der Waals surface area contributed by atoms with Crippen LogP contribution in [-0.4, -0.2) is 35.3 Å². The molecule has 0 aliphatic heterocycles. The number of pyridine rings is 1. The Kier molecular flexibility index (Phi) is 5.37. The number of H-pyrrole nitrogens is 1. The largest absolute Gasteiger partial charge is 0.494 e. The Morgan fingerprint density at radius 2 is 1.78 bits per heavy atom. The van der Waals surface area contributed by atoms with Crippen LogP contribution in [0.5, 0.6) is 5.88 Å². The normalized spacial score (nSPS) is 11.3. The van der Waals surface area contributed by atoms with Crippen molar-refractivity contribution in [2.45, 2.75) is 32.7 Å². The summed E-state index contributed by atoms with van der Waals surface area (Å²) < 4.78 is 2.00. The number of nitrogens with one attached hydrogen (secondary N) is 1. The zero-order valence-corrected chi connectivity index (χ0v) is 17.9. The van der Waals surface area contributed by atoms with Crippen LogP contribution in [0.25, 0.3) is 33.4 Å². The molecule has 0 fully saturated rings. The molecule has 2 aromatic carbocycles. The van der Waals surface area contributed by atoms with Gasteiger partial charge in [0.25, 0.3) is 0 Å². The van der Waals surface area contributed by atoms with E-state index in [0.29, 0.717) is 12.4 Å². The lowest BCUT2D eigenvalue weighted by atomic mass is 9.98. The molecule has 0 saturated carbocycles. The highest BCUT2D eigenvalue weighted by atomic mass is 16.3. The molecule has 0 saturated heterocycles. The molecule has 0 radical (unpaired) electrons. The summed E-state index contributed by atoms with van der Waals surface area (Å²) in [6.07, 6.45) is 4.83. The number of aryl methyl sites for hydroxylation is 1. The fraction of sp³-hybridized carbons (Fsp3) is 0.200. The Bertz CT molecular complexity index is 1340. The molecule has 0 atom stereocenters. The molecule has 3 aromatic heterocycles. The summed E-state index contributed by atoms with van der Waals surface area (Å²) in [4.78, 5) is 4.54. The second-order valence-corrected chi connectivity index (χ2v) is 7.84. The summed E-state index contributed by atoms with van der Waals surface area (Å²) in [7, 11) is 0. The zero-order chi connectivity index (χ0) is 21.9. The number of aromatic nitrogens is 6. The number of aromatic amines is 1. The van der Waals surface area contributed by atoms with Gasteiger partial charge in [-0.2, -0.15) is 5.21 Å². The van der Waals surface area contributed by atoms with E-state index >= 15 is 0 Å². The second-order valence-electron chi connectivity index (χ2n) is 7.84.